The second kappa shape index (κ2) is 7.45. The molecule has 2 aromatic rings. The molecule has 0 aromatic heterocycles. The lowest BCUT2D eigenvalue weighted by Crippen LogP contribution is -2.25. The molecule has 0 atom stereocenters. The van der Waals surface area contributed by atoms with Crippen LogP contribution in [0, 0.1) is 6.92 Å². The van der Waals surface area contributed by atoms with Gasteiger partial charge in [0.05, 0.1) is 0 Å². The summed E-state index contributed by atoms with van der Waals surface area (Å²) in [5.74, 6) is -0.600. The van der Waals surface area contributed by atoms with Crippen LogP contribution in [0.3, 0.4) is 0 Å². The van der Waals surface area contributed by atoms with Gasteiger partial charge in [-0.25, -0.2) is 0 Å². The maximum atomic E-state index is 13.2. The first-order chi connectivity index (χ1) is 11.6. The molecule has 2 aromatic carbocycles. The zero-order valence-electron chi connectivity index (χ0n) is 12.9. The van der Waals surface area contributed by atoms with E-state index in [2.05, 4.69) is 9.44 Å². The summed E-state index contributed by atoms with van der Waals surface area (Å²) in [4.78, 5) is 0. The van der Waals surface area contributed by atoms with E-state index in [4.69, 9.17) is 11.6 Å². The van der Waals surface area contributed by atoms with Crippen LogP contribution in [0.4, 0.5) is 13.2 Å². The third kappa shape index (κ3) is 5.47. The fourth-order valence-electron chi connectivity index (χ4n) is 1.91. The summed E-state index contributed by atoms with van der Waals surface area (Å²) in [5, 5.41) is 2.95. The van der Waals surface area contributed by atoms with Gasteiger partial charge in [-0.1, -0.05) is 59.2 Å². The number of alkyl halides is 3. The molecule has 0 bridgehead atoms. The zero-order valence-corrected chi connectivity index (χ0v) is 14.5. The van der Waals surface area contributed by atoms with E-state index in [9.17, 15) is 21.6 Å². The van der Waals surface area contributed by atoms with Gasteiger partial charge in [0.1, 0.15) is 5.75 Å². The minimum absolute atomic E-state index is 0.0987. The minimum Gasteiger partial charge on any atom is -0.268 e. The van der Waals surface area contributed by atoms with Gasteiger partial charge in [0.15, 0.2) is 5.71 Å². The molecule has 2 rings (SSSR count). The van der Waals surface area contributed by atoms with Gasteiger partial charge in [-0.15, -0.1) is 0 Å². The minimum atomic E-state index is -4.92. The predicted molar refractivity (Wildman–Crippen MR) is 88.9 cm³/mol. The average molecular weight is 392 g/mol. The van der Waals surface area contributed by atoms with Crippen LogP contribution in [0.1, 0.15) is 16.7 Å². The van der Waals surface area contributed by atoms with E-state index >= 15 is 0 Å². The van der Waals surface area contributed by atoms with Crippen LogP contribution in [0.5, 0.6) is 0 Å². The lowest BCUT2D eigenvalue weighted by molar-refractivity contribution is -0.0597. The summed E-state index contributed by atoms with van der Waals surface area (Å²) in [6, 6.07) is 11.5. The van der Waals surface area contributed by atoms with E-state index in [1.165, 1.54) is 18.2 Å². The van der Waals surface area contributed by atoms with E-state index in [0.29, 0.717) is 11.1 Å². The number of nitrogens with zero attached hydrogens (tertiary/aromatic N) is 1. The molecular weight excluding hydrogens is 379 g/mol. The highest BCUT2D eigenvalue weighted by molar-refractivity contribution is 7.85. The van der Waals surface area contributed by atoms with E-state index in [-0.39, 0.29) is 5.02 Å². The van der Waals surface area contributed by atoms with E-state index in [1.54, 1.807) is 25.1 Å². The van der Waals surface area contributed by atoms with Crippen LogP contribution in [0.25, 0.3) is 0 Å². The summed E-state index contributed by atoms with van der Waals surface area (Å²) < 4.78 is 67.5. The molecule has 0 amide bonds. The molecule has 0 aliphatic rings. The van der Waals surface area contributed by atoms with Crippen LogP contribution in [0.15, 0.2) is 53.7 Å². The molecule has 0 radical (unpaired) electrons. The Labute approximate surface area is 148 Å². The number of rotatable bonds is 5. The quantitative estimate of drug-likeness (QED) is 0.558. The van der Waals surface area contributed by atoms with Crippen molar-refractivity contribution in [1.29, 1.82) is 0 Å². The first kappa shape index (κ1) is 19.3. The third-order valence-corrected chi connectivity index (χ3v) is 4.54. The van der Waals surface area contributed by atoms with Gasteiger partial charge in [-0.2, -0.15) is 21.6 Å². The molecule has 0 N–H and O–H groups in total. The van der Waals surface area contributed by atoms with Crippen molar-refractivity contribution in [3.63, 3.8) is 0 Å². The molecule has 0 unspecified atom stereocenters. The molecule has 0 fully saturated rings. The fraction of sp³-hybridized carbons (Fsp3) is 0.188. The van der Waals surface area contributed by atoms with Crippen molar-refractivity contribution in [1.82, 2.24) is 0 Å². The van der Waals surface area contributed by atoms with Crippen molar-refractivity contribution >= 4 is 27.4 Å². The van der Waals surface area contributed by atoms with Crippen LogP contribution in [-0.4, -0.2) is 20.3 Å². The smallest absolute Gasteiger partial charge is 0.268 e. The summed E-state index contributed by atoms with van der Waals surface area (Å²) in [6.45, 7) is 1.62. The Morgan fingerprint density at radius 1 is 1.16 bits per heavy atom. The Balaban J connectivity index is 2.30. The van der Waals surface area contributed by atoms with E-state index in [1.807, 2.05) is 0 Å². The second-order valence-corrected chi connectivity index (χ2v) is 7.12. The van der Waals surface area contributed by atoms with Crippen LogP contribution >= 0.6 is 11.6 Å². The molecule has 9 heteroatoms. The SMILES string of the molecule is Cc1ccc(C(=NOS(=O)(=O)Cc2ccccc2)C(F)(F)F)cc1Cl. The third-order valence-electron chi connectivity index (χ3n) is 3.14. The van der Waals surface area contributed by atoms with Crippen LogP contribution in [0.2, 0.25) is 5.02 Å². The van der Waals surface area contributed by atoms with Crippen LogP contribution < -0.4 is 0 Å². The highest BCUT2D eigenvalue weighted by atomic mass is 35.5. The summed E-state index contributed by atoms with van der Waals surface area (Å²) in [7, 11) is -4.34. The van der Waals surface area contributed by atoms with Gasteiger partial charge in [0.2, 0.25) is 0 Å². The topological polar surface area (TPSA) is 55.7 Å². The highest BCUT2D eigenvalue weighted by Gasteiger charge is 2.38. The van der Waals surface area contributed by atoms with Gasteiger partial charge in [-0.05, 0) is 24.1 Å². The van der Waals surface area contributed by atoms with E-state index < -0.39 is 33.3 Å². The van der Waals surface area contributed by atoms with Crippen molar-refractivity contribution in [3.8, 4) is 0 Å². The van der Waals surface area contributed by atoms with Gasteiger partial charge in [0.25, 0.3) is 0 Å². The predicted octanol–water partition coefficient (Wildman–Crippen LogP) is 4.46. The van der Waals surface area contributed by atoms with Crippen molar-refractivity contribution in [2.75, 3.05) is 0 Å². The molecule has 0 saturated heterocycles. The van der Waals surface area contributed by atoms with Crippen molar-refractivity contribution in [3.05, 3.63) is 70.2 Å². The van der Waals surface area contributed by atoms with E-state index in [0.717, 1.165) is 12.1 Å². The molecule has 0 heterocycles. The first-order valence-corrected chi connectivity index (χ1v) is 8.91. The molecular formula is C16H13ClF3NO3S. The Morgan fingerprint density at radius 3 is 2.36 bits per heavy atom. The number of halogens is 4. The monoisotopic (exact) mass is 391 g/mol. The van der Waals surface area contributed by atoms with Gasteiger partial charge in [0, 0.05) is 10.6 Å². The average Bonchev–Trinajstić information content (AvgIpc) is 2.50. The Morgan fingerprint density at radius 2 is 1.80 bits per heavy atom. The maximum Gasteiger partial charge on any atom is 0.437 e. The molecule has 25 heavy (non-hydrogen) atoms. The Hall–Kier alpha value is -2.06. The van der Waals surface area contributed by atoms with Crippen molar-refractivity contribution in [2.45, 2.75) is 18.9 Å². The Bertz CT molecular complexity index is 881. The number of benzene rings is 2. The standard InChI is InChI=1S/C16H13ClF3NO3S/c1-11-7-8-13(9-14(11)17)15(16(18,19)20)21-24-25(22,23)10-12-5-3-2-4-6-12/h2-9H,10H2,1H3. The molecule has 4 nitrogen and oxygen atoms in total. The molecule has 0 aliphatic carbocycles. The number of hydrogen-bond donors (Lipinski definition) is 0. The van der Waals surface area contributed by atoms with Crippen LogP contribution in [-0.2, 0) is 20.2 Å². The van der Waals surface area contributed by atoms with Crippen molar-refractivity contribution in [2.24, 2.45) is 5.16 Å². The van der Waals surface area contributed by atoms with Gasteiger partial charge >= 0.3 is 16.3 Å². The largest absolute Gasteiger partial charge is 0.437 e. The fourth-order valence-corrected chi connectivity index (χ4v) is 2.93. The lowest BCUT2D eigenvalue weighted by Gasteiger charge is -2.11. The normalized spacial score (nSPS) is 12.9. The Kier molecular flexibility index (Phi) is 5.74. The van der Waals surface area contributed by atoms with Crippen molar-refractivity contribution < 1.29 is 25.9 Å². The molecule has 0 aliphatic heterocycles. The zero-order chi connectivity index (χ0) is 18.7. The lowest BCUT2D eigenvalue weighted by atomic mass is 10.1. The first-order valence-electron chi connectivity index (χ1n) is 6.95. The number of aryl methyl sites for hydroxylation is 1. The number of hydrogen-bond acceptors (Lipinski definition) is 4. The van der Waals surface area contributed by atoms with Gasteiger partial charge < -0.3 is 0 Å². The molecule has 0 spiro atoms. The summed E-state index contributed by atoms with van der Waals surface area (Å²) in [5.41, 5.74) is -0.932. The van der Waals surface area contributed by atoms with Gasteiger partial charge in [-0.3, -0.25) is 4.28 Å². The molecule has 134 valence electrons. The summed E-state index contributed by atoms with van der Waals surface area (Å²) in [6.07, 6.45) is -4.92. The second-order valence-electron chi connectivity index (χ2n) is 5.16. The maximum absolute atomic E-state index is 13.2. The molecule has 0 saturated carbocycles. The highest BCUT2D eigenvalue weighted by Crippen LogP contribution is 2.26. The summed E-state index contributed by atoms with van der Waals surface area (Å²) >= 11 is 5.82. The number of oxime groups is 1.